The number of piperidine rings is 1. The van der Waals surface area contributed by atoms with Crippen LogP contribution >= 0.6 is 0 Å². The second-order valence-electron chi connectivity index (χ2n) is 5.45. The van der Waals surface area contributed by atoms with E-state index in [9.17, 15) is 4.79 Å². The van der Waals surface area contributed by atoms with Crippen molar-refractivity contribution >= 4 is 11.7 Å². The number of rotatable bonds is 4. The summed E-state index contributed by atoms with van der Waals surface area (Å²) in [6.45, 7) is 4.52. The maximum Gasteiger partial charge on any atom is 0.255 e. The molecule has 110 valence electrons. The molecule has 2 heterocycles. The molecule has 1 fully saturated rings. The predicted octanol–water partition coefficient (Wildman–Crippen LogP) is 1.68. The zero-order valence-electron chi connectivity index (χ0n) is 12.6. The van der Waals surface area contributed by atoms with Crippen LogP contribution in [0.5, 0.6) is 0 Å². The number of carbonyl (C=O) groups is 1. The minimum atomic E-state index is 0.0951. The number of amides is 1. The van der Waals surface area contributed by atoms with Gasteiger partial charge in [0.25, 0.3) is 5.91 Å². The van der Waals surface area contributed by atoms with Crippen molar-refractivity contribution in [1.29, 1.82) is 0 Å². The van der Waals surface area contributed by atoms with E-state index in [2.05, 4.69) is 29.3 Å². The molecule has 1 aromatic heterocycles. The molecule has 0 radical (unpaired) electrons. The van der Waals surface area contributed by atoms with Crippen molar-refractivity contribution in [2.24, 2.45) is 0 Å². The number of nitrogens with one attached hydrogen (secondary N) is 1. The summed E-state index contributed by atoms with van der Waals surface area (Å²) < 4.78 is 0. The van der Waals surface area contributed by atoms with Gasteiger partial charge < -0.3 is 15.1 Å². The Labute approximate surface area is 121 Å². The minimum Gasteiger partial charge on any atom is -0.370 e. The van der Waals surface area contributed by atoms with Gasteiger partial charge >= 0.3 is 0 Å². The summed E-state index contributed by atoms with van der Waals surface area (Å²) >= 11 is 0. The van der Waals surface area contributed by atoms with Gasteiger partial charge in [-0.2, -0.15) is 0 Å². The molecule has 0 atom stereocenters. The van der Waals surface area contributed by atoms with Crippen molar-refractivity contribution in [3.63, 3.8) is 0 Å². The second-order valence-corrected chi connectivity index (χ2v) is 5.45. The second kappa shape index (κ2) is 6.70. The molecular weight excluding hydrogens is 252 g/mol. The molecule has 1 amide bonds. The Hall–Kier alpha value is -1.62. The molecule has 5 nitrogen and oxygen atoms in total. The van der Waals surface area contributed by atoms with E-state index in [1.165, 1.54) is 0 Å². The first-order valence-corrected chi connectivity index (χ1v) is 7.27. The third-order valence-corrected chi connectivity index (χ3v) is 3.85. The first-order chi connectivity index (χ1) is 9.61. The third kappa shape index (κ3) is 3.48. The summed E-state index contributed by atoms with van der Waals surface area (Å²) in [7, 11) is 4.21. The maximum atomic E-state index is 12.4. The SMILES string of the molecule is CCNc1ccc(C(=O)N2CCC(N(C)C)CC2)cn1. The van der Waals surface area contributed by atoms with E-state index in [4.69, 9.17) is 0 Å². The van der Waals surface area contributed by atoms with Gasteiger partial charge in [0, 0.05) is 31.9 Å². The van der Waals surface area contributed by atoms with E-state index in [-0.39, 0.29) is 5.91 Å². The number of aromatic nitrogens is 1. The Bertz CT molecular complexity index is 436. The van der Waals surface area contributed by atoms with Crippen molar-refractivity contribution in [3.8, 4) is 0 Å². The summed E-state index contributed by atoms with van der Waals surface area (Å²) in [5.74, 6) is 0.910. The van der Waals surface area contributed by atoms with Gasteiger partial charge in [0.1, 0.15) is 5.82 Å². The van der Waals surface area contributed by atoms with E-state index in [1.54, 1.807) is 6.20 Å². The largest absolute Gasteiger partial charge is 0.370 e. The van der Waals surface area contributed by atoms with Crippen molar-refractivity contribution in [2.45, 2.75) is 25.8 Å². The highest BCUT2D eigenvalue weighted by atomic mass is 16.2. The van der Waals surface area contributed by atoms with Crippen molar-refractivity contribution < 1.29 is 4.79 Å². The van der Waals surface area contributed by atoms with Crippen LogP contribution in [0.2, 0.25) is 0 Å². The molecule has 0 unspecified atom stereocenters. The van der Waals surface area contributed by atoms with Crippen molar-refractivity contribution in [2.75, 3.05) is 39.0 Å². The van der Waals surface area contributed by atoms with Crippen LogP contribution in [0, 0.1) is 0 Å². The summed E-state index contributed by atoms with van der Waals surface area (Å²) in [5.41, 5.74) is 0.676. The van der Waals surface area contributed by atoms with E-state index < -0.39 is 0 Å². The molecule has 0 saturated carbocycles. The van der Waals surface area contributed by atoms with Gasteiger partial charge in [-0.1, -0.05) is 0 Å². The van der Waals surface area contributed by atoms with Gasteiger partial charge in [0.15, 0.2) is 0 Å². The van der Waals surface area contributed by atoms with Crippen molar-refractivity contribution in [3.05, 3.63) is 23.9 Å². The molecule has 0 aromatic carbocycles. The molecule has 1 saturated heterocycles. The third-order valence-electron chi connectivity index (χ3n) is 3.85. The highest BCUT2D eigenvalue weighted by molar-refractivity contribution is 5.94. The van der Waals surface area contributed by atoms with Crippen LogP contribution in [-0.4, -0.2) is 60.5 Å². The summed E-state index contributed by atoms with van der Waals surface area (Å²) in [6, 6.07) is 4.31. The van der Waals surface area contributed by atoms with Gasteiger partial charge in [-0.15, -0.1) is 0 Å². The molecule has 0 bridgehead atoms. The topological polar surface area (TPSA) is 48.5 Å². The van der Waals surface area contributed by atoms with Crippen molar-refractivity contribution in [1.82, 2.24) is 14.8 Å². The Morgan fingerprint density at radius 1 is 1.40 bits per heavy atom. The van der Waals surface area contributed by atoms with Gasteiger partial charge in [0.2, 0.25) is 0 Å². The van der Waals surface area contributed by atoms with Crippen LogP contribution in [0.25, 0.3) is 0 Å². The number of hydrogen-bond acceptors (Lipinski definition) is 4. The number of carbonyl (C=O) groups excluding carboxylic acids is 1. The van der Waals surface area contributed by atoms with Crippen LogP contribution in [0.15, 0.2) is 18.3 Å². The lowest BCUT2D eigenvalue weighted by Crippen LogP contribution is -2.44. The highest BCUT2D eigenvalue weighted by Gasteiger charge is 2.24. The van der Waals surface area contributed by atoms with Crippen LogP contribution < -0.4 is 5.32 Å². The van der Waals surface area contributed by atoms with Gasteiger partial charge in [0.05, 0.1) is 5.56 Å². The van der Waals surface area contributed by atoms with E-state index in [0.717, 1.165) is 38.3 Å². The molecule has 1 aliphatic rings. The molecule has 20 heavy (non-hydrogen) atoms. The lowest BCUT2D eigenvalue weighted by Gasteiger charge is -2.35. The maximum absolute atomic E-state index is 12.4. The van der Waals surface area contributed by atoms with Gasteiger partial charge in [-0.25, -0.2) is 4.98 Å². The van der Waals surface area contributed by atoms with Gasteiger partial charge in [-0.3, -0.25) is 4.79 Å². The monoisotopic (exact) mass is 276 g/mol. The molecule has 1 N–H and O–H groups in total. The minimum absolute atomic E-state index is 0.0951. The number of anilines is 1. The number of pyridine rings is 1. The highest BCUT2D eigenvalue weighted by Crippen LogP contribution is 2.17. The Kier molecular flexibility index (Phi) is 4.95. The normalized spacial score (nSPS) is 16.5. The van der Waals surface area contributed by atoms with E-state index in [1.807, 2.05) is 24.0 Å². The quantitative estimate of drug-likeness (QED) is 0.909. The average molecular weight is 276 g/mol. The molecule has 0 aliphatic carbocycles. The summed E-state index contributed by atoms with van der Waals surface area (Å²) in [5, 5.41) is 3.13. The predicted molar refractivity (Wildman–Crippen MR) is 81.0 cm³/mol. The first-order valence-electron chi connectivity index (χ1n) is 7.27. The molecule has 5 heteroatoms. The van der Waals surface area contributed by atoms with Crippen LogP contribution in [0.3, 0.4) is 0 Å². The zero-order chi connectivity index (χ0) is 14.5. The smallest absolute Gasteiger partial charge is 0.255 e. The van der Waals surface area contributed by atoms with Gasteiger partial charge in [-0.05, 0) is 46.0 Å². The fraction of sp³-hybridized carbons (Fsp3) is 0.600. The Balaban J connectivity index is 1.94. The summed E-state index contributed by atoms with van der Waals surface area (Å²) in [4.78, 5) is 20.8. The van der Waals surface area contributed by atoms with Crippen LogP contribution in [-0.2, 0) is 0 Å². The fourth-order valence-electron chi connectivity index (χ4n) is 2.57. The van der Waals surface area contributed by atoms with Crippen LogP contribution in [0.4, 0.5) is 5.82 Å². The molecular formula is C15H24N4O. The van der Waals surface area contributed by atoms with E-state index in [0.29, 0.717) is 11.6 Å². The number of nitrogens with zero attached hydrogens (tertiary/aromatic N) is 3. The zero-order valence-corrected chi connectivity index (χ0v) is 12.6. The fourth-order valence-corrected chi connectivity index (χ4v) is 2.57. The number of hydrogen-bond donors (Lipinski definition) is 1. The molecule has 2 rings (SSSR count). The van der Waals surface area contributed by atoms with E-state index >= 15 is 0 Å². The first kappa shape index (κ1) is 14.8. The molecule has 1 aromatic rings. The standard InChI is InChI=1S/C15H24N4O/c1-4-16-14-6-5-12(11-17-14)15(20)19-9-7-13(8-10-19)18(2)3/h5-6,11,13H,4,7-10H2,1-3H3,(H,16,17). The lowest BCUT2D eigenvalue weighted by atomic mass is 10.0. The Morgan fingerprint density at radius 2 is 2.10 bits per heavy atom. The molecule has 0 spiro atoms. The molecule has 1 aliphatic heterocycles. The average Bonchev–Trinajstić information content (AvgIpc) is 2.48. The Morgan fingerprint density at radius 3 is 2.60 bits per heavy atom. The number of likely N-dealkylation sites (tertiary alicyclic amines) is 1. The van der Waals surface area contributed by atoms with Crippen LogP contribution in [0.1, 0.15) is 30.1 Å². The lowest BCUT2D eigenvalue weighted by molar-refractivity contribution is 0.0663. The summed E-state index contributed by atoms with van der Waals surface area (Å²) in [6.07, 6.45) is 3.75.